The van der Waals surface area contributed by atoms with E-state index in [1.807, 2.05) is 0 Å². The number of aromatic amines is 2. The Hall–Kier alpha value is -3.42. The van der Waals surface area contributed by atoms with Crippen LogP contribution in [0.15, 0.2) is 71.4 Å². The largest absolute Gasteiger partial charge is 0.354 e. The van der Waals surface area contributed by atoms with Crippen molar-refractivity contribution >= 4 is 105 Å². The summed E-state index contributed by atoms with van der Waals surface area (Å²) in [6, 6.07) is 21.4. The van der Waals surface area contributed by atoms with Crippen LogP contribution in [0.2, 0.25) is 0 Å². The van der Waals surface area contributed by atoms with Gasteiger partial charge in [0.25, 0.3) is 0 Å². The van der Waals surface area contributed by atoms with E-state index in [1.165, 1.54) is 29.3 Å². The Kier molecular flexibility index (Phi) is 6.83. The van der Waals surface area contributed by atoms with Gasteiger partial charge in [0, 0.05) is 40.7 Å². The normalized spacial score (nSPS) is 12.6. The molecule has 6 rings (SSSR count). The van der Waals surface area contributed by atoms with Crippen LogP contribution >= 0.6 is 45.3 Å². The number of aromatic nitrogens is 2. The second-order valence-electron chi connectivity index (χ2n) is 8.12. The highest BCUT2D eigenvalue weighted by molar-refractivity contribution is 7.14. The van der Waals surface area contributed by atoms with Crippen LogP contribution in [-0.4, -0.2) is 9.97 Å². The van der Waals surface area contributed by atoms with Crippen LogP contribution in [0.5, 0.6) is 0 Å². The van der Waals surface area contributed by atoms with E-state index in [2.05, 4.69) is 130 Å². The van der Waals surface area contributed by atoms with E-state index in [1.54, 1.807) is 45.3 Å². The minimum absolute atomic E-state index is 1.09. The van der Waals surface area contributed by atoms with Gasteiger partial charge in [0.2, 0.25) is 0 Å². The van der Waals surface area contributed by atoms with E-state index in [0.717, 1.165) is 22.4 Å². The Morgan fingerprint density at radius 2 is 0.833 bits per heavy atom. The molecule has 0 radical (unpaired) electrons. The van der Waals surface area contributed by atoms with Crippen molar-refractivity contribution in [2.75, 3.05) is 0 Å². The third-order valence-electron chi connectivity index (χ3n) is 5.51. The van der Waals surface area contributed by atoms with Gasteiger partial charge in [-0.2, -0.15) is 0 Å². The minimum Gasteiger partial charge on any atom is -0.354 e. The van der Waals surface area contributed by atoms with Crippen LogP contribution < -0.4 is 0 Å². The highest BCUT2D eigenvalue weighted by atomic mass is 32.1. The van der Waals surface area contributed by atoms with E-state index in [9.17, 15) is 0 Å². The van der Waals surface area contributed by atoms with Gasteiger partial charge in [-0.25, -0.2) is 0 Å². The van der Waals surface area contributed by atoms with Gasteiger partial charge in [-0.3, -0.25) is 0 Å². The summed E-state index contributed by atoms with van der Waals surface area (Å²) in [7, 11) is 0. The molecule has 36 heavy (non-hydrogen) atoms. The second-order valence-corrected chi connectivity index (χ2v) is 12.4. The smallest absolute Gasteiger partial charge is 0.0645 e. The molecule has 6 aromatic heterocycles. The van der Waals surface area contributed by atoms with Crippen LogP contribution in [0.3, 0.4) is 0 Å². The van der Waals surface area contributed by atoms with Crippen molar-refractivity contribution in [3.05, 3.63) is 112 Å². The summed E-state index contributed by atoms with van der Waals surface area (Å²) in [4.78, 5) is 14.6. The Balaban J connectivity index is 1.08. The van der Waals surface area contributed by atoms with Crippen molar-refractivity contribution in [1.29, 1.82) is 0 Å². The molecule has 0 saturated carbocycles. The molecule has 0 amide bonds. The van der Waals surface area contributed by atoms with Gasteiger partial charge in [-0.05, 0) is 108 Å². The number of thiophene rings is 4. The molecule has 6 heteroatoms. The molecule has 0 fully saturated rings. The van der Waals surface area contributed by atoms with Crippen LogP contribution in [0, 0.1) is 0 Å². The summed E-state index contributed by atoms with van der Waals surface area (Å²) in [5.41, 5.74) is 4.42. The Labute approximate surface area is 225 Å². The number of H-pyrrole nitrogens is 2. The molecule has 0 spiro atoms. The minimum atomic E-state index is 1.09. The van der Waals surface area contributed by atoms with Gasteiger partial charge in [-0.1, -0.05) is 12.1 Å². The lowest BCUT2D eigenvalue weighted by Gasteiger charge is -1.88. The SMILES string of the molecule is C(=C\c1ccc(/C=C/c2cccs2)s1)/c1cc2[nH]c(/C=C/c3ccc(/C=C/c4cccs4)s3)cc2[nH]1. The molecule has 2 N–H and O–H groups in total. The van der Waals surface area contributed by atoms with Crippen molar-refractivity contribution in [2.24, 2.45) is 0 Å². The van der Waals surface area contributed by atoms with Crippen LogP contribution in [0.4, 0.5) is 0 Å². The first-order valence-electron chi connectivity index (χ1n) is 11.5. The fourth-order valence-electron chi connectivity index (χ4n) is 3.78. The molecule has 0 aliphatic heterocycles. The number of rotatable bonds is 8. The van der Waals surface area contributed by atoms with E-state index in [4.69, 9.17) is 0 Å². The maximum absolute atomic E-state index is 3.50. The second kappa shape index (κ2) is 10.7. The molecule has 2 nitrogen and oxygen atoms in total. The van der Waals surface area contributed by atoms with E-state index in [-0.39, 0.29) is 0 Å². The molecule has 0 unspecified atom stereocenters. The molecule has 0 aliphatic rings. The van der Waals surface area contributed by atoms with Gasteiger partial charge in [0.05, 0.1) is 11.0 Å². The summed E-state index contributed by atoms with van der Waals surface area (Å²) in [6.45, 7) is 0. The topological polar surface area (TPSA) is 31.6 Å². The third-order valence-corrected chi connectivity index (χ3v) is 9.21. The molecule has 0 atom stereocenters. The Morgan fingerprint density at radius 3 is 1.22 bits per heavy atom. The Bertz CT molecular complexity index is 1520. The summed E-state index contributed by atoms with van der Waals surface area (Å²) in [5, 5.41) is 4.20. The zero-order chi connectivity index (χ0) is 24.2. The molecular weight excluding hydrogens is 517 g/mol. The van der Waals surface area contributed by atoms with Gasteiger partial charge in [-0.15, -0.1) is 45.3 Å². The van der Waals surface area contributed by atoms with Crippen molar-refractivity contribution in [3.63, 3.8) is 0 Å². The summed E-state index contributed by atoms with van der Waals surface area (Å²) >= 11 is 7.09. The van der Waals surface area contributed by atoms with Gasteiger partial charge in [0.1, 0.15) is 0 Å². The van der Waals surface area contributed by atoms with Gasteiger partial charge >= 0.3 is 0 Å². The lowest BCUT2D eigenvalue weighted by molar-refractivity contribution is 1.41. The quantitative estimate of drug-likeness (QED) is 0.193. The van der Waals surface area contributed by atoms with E-state index < -0.39 is 0 Å². The average molecular weight is 539 g/mol. The van der Waals surface area contributed by atoms with E-state index in [0.29, 0.717) is 0 Å². The average Bonchev–Trinajstić information content (AvgIpc) is 3.71. The summed E-state index contributed by atoms with van der Waals surface area (Å²) in [6.07, 6.45) is 17.3. The van der Waals surface area contributed by atoms with Crippen LogP contribution in [-0.2, 0) is 0 Å². The fraction of sp³-hybridized carbons (Fsp3) is 0. The molecule has 176 valence electrons. The lowest BCUT2D eigenvalue weighted by Crippen LogP contribution is -1.71. The number of fused-ring (bicyclic) bond motifs is 1. The molecule has 0 bridgehead atoms. The predicted octanol–water partition coefficient (Wildman–Crippen LogP) is 10.4. The maximum atomic E-state index is 3.50. The zero-order valence-corrected chi connectivity index (χ0v) is 22.4. The van der Waals surface area contributed by atoms with Crippen LogP contribution in [0.1, 0.15) is 40.7 Å². The van der Waals surface area contributed by atoms with Crippen molar-refractivity contribution in [2.45, 2.75) is 0 Å². The van der Waals surface area contributed by atoms with Crippen LogP contribution in [0.25, 0.3) is 59.6 Å². The highest BCUT2D eigenvalue weighted by Crippen LogP contribution is 2.25. The van der Waals surface area contributed by atoms with E-state index >= 15 is 0 Å². The molecular formula is C30H22N2S4. The molecule has 6 aromatic rings. The summed E-state index contributed by atoms with van der Waals surface area (Å²) < 4.78 is 0. The first-order valence-corrected chi connectivity index (χ1v) is 14.9. The molecule has 6 heterocycles. The fourth-order valence-corrected chi connectivity index (χ4v) is 6.64. The van der Waals surface area contributed by atoms with Gasteiger partial charge < -0.3 is 9.97 Å². The van der Waals surface area contributed by atoms with Crippen molar-refractivity contribution in [3.8, 4) is 0 Å². The van der Waals surface area contributed by atoms with Gasteiger partial charge in [0.15, 0.2) is 0 Å². The Morgan fingerprint density at radius 1 is 0.444 bits per heavy atom. The highest BCUT2D eigenvalue weighted by Gasteiger charge is 2.03. The number of hydrogen-bond donors (Lipinski definition) is 2. The monoisotopic (exact) mass is 538 g/mol. The zero-order valence-electron chi connectivity index (χ0n) is 19.2. The third kappa shape index (κ3) is 5.69. The van der Waals surface area contributed by atoms with Crippen molar-refractivity contribution in [1.82, 2.24) is 9.97 Å². The summed E-state index contributed by atoms with van der Waals surface area (Å²) in [5.74, 6) is 0. The standard InChI is InChI=1S/C30H22N2S4/c1-3-23(33-17-1)9-11-27-15-13-25(35-27)7-5-21-19-29-30(31-21)20-22(32-29)6-8-26-14-16-28(36-26)12-10-24-4-2-18-34-24/h1-20,31-32H/b7-5+,8-6+,11-9+,12-10+. The first kappa shape index (κ1) is 23.0. The number of hydrogen-bond acceptors (Lipinski definition) is 4. The van der Waals surface area contributed by atoms with Crippen molar-refractivity contribution < 1.29 is 0 Å². The predicted molar refractivity (Wildman–Crippen MR) is 166 cm³/mol. The molecule has 0 aromatic carbocycles. The maximum Gasteiger partial charge on any atom is 0.0645 e. The first-order chi connectivity index (χ1) is 17.8. The molecule has 0 aliphatic carbocycles. The molecule has 0 saturated heterocycles. The lowest BCUT2D eigenvalue weighted by atomic mass is 10.3. The number of nitrogens with one attached hydrogen (secondary N) is 2.